The maximum atomic E-state index is 14.1. The Labute approximate surface area is 126 Å². The van der Waals surface area contributed by atoms with E-state index >= 15 is 0 Å². The summed E-state index contributed by atoms with van der Waals surface area (Å²) >= 11 is 3.15. The van der Waals surface area contributed by atoms with Gasteiger partial charge in [0.15, 0.2) is 0 Å². The molecule has 1 aromatic rings. The van der Waals surface area contributed by atoms with Crippen molar-refractivity contribution in [2.45, 2.75) is 18.4 Å². The van der Waals surface area contributed by atoms with E-state index in [9.17, 15) is 12.8 Å². The molecule has 0 amide bonds. The normalized spacial score (nSPS) is 13.4. The molecule has 1 atom stereocenters. The van der Waals surface area contributed by atoms with Crippen molar-refractivity contribution >= 4 is 26.0 Å². The van der Waals surface area contributed by atoms with Gasteiger partial charge in [0.2, 0.25) is 10.0 Å². The molecule has 0 bridgehead atoms. The molecular formula is C12H18BrFN2O3S. The Bertz CT molecular complexity index is 566. The van der Waals surface area contributed by atoms with Crippen LogP contribution < -0.4 is 10.5 Å². The summed E-state index contributed by atoms with van der Waals surface area (Å²) in [6.07, 6.45) is 0. The van der Waals surface area contributed by atoms with E-state index in [2.05, 4.69) is 20.7 Å². The fraction of sp³-hybridized carbons (Fsp3) is 0.500. The molecular weight excluding hydrogens is 351 g/mol. The van der Waals surface area contributed by atoms with Crippen LogP contribution in [0.3, 0.4) is 0 Å². The van der Waals surface area contributed by atoms with Crippen LogP contribution in [-0.4, -0.2) is 28.7 Å². The highest BCUT2D eigenvalue weighted by molar-refractivity contribution is 9.10. The molecule has 1 rings (SSSR count). The maximum Gasteiger partial charge on any atom is 0.243 e. The molecule has 0 saturated heterocycles. The third kappa shape index (κ3) is 4.49. The first-order valence-corrected chi connectivity index (χ1v) is 8.26. The quantitative estimate of drug-likeness (QED) is 0.765. The molecule has 0 aromatic heterocycles. The minimum atomic E-state index is -3.93. The van der Waals surface area contributed by atoms with E-state index in [4.69, 9.17) is 10.5 Å². The second kappa shape index (κ2) is 7.46. The molecule has 20 heavy (non-hydrogen) atoms. The fourth-order valence-corrected chi connectivity index (χ4v) is 3.60. The number of halogens is 2. The standard InChI is InChI=1S/C12H18BrFN2O3S/c1-8(7-19-2)6-16-20(17,18)11-4-10(13)3-9(5-15)12(11)14/h3-4,8,16H,5-7,15H2,1-2H3. The molecule has 114 valence electrons. The highest BCUT2D eigenvalue weighted by Crippen LogP contribution is 2.23. The average Bonchev–Trinajstić information content (AvgIpc) is 2.39. The first kappa shape index (κ1) is 17.5. The number of nitrogens with one attached hydrogen (secondary N) is 1. The number of benzene rings is 1. The molecule has 8 heteroatoms. The maximum absolute atomic E-state index is 14.1. The Hall–Kier alpha value is -0.540. The summed E-state index contributed by atoms with van der Waals surface area (Å²) < 4.78 is 46.1. The molecule has 0 aliphatic rings. The molecule has 0 radical (unpaired) electrons. The largest absolute Gasteiger partial charge is 0.384 e. The van der Waals surface area contributed by atoms with Crippen molar-refractivity contribution < 1.29 is 17.5 Å². The molecule has 3 N–H and O–H groups in total. The second-order valence-electron chi connectivity index (χ2n) is 4.49. The number of hydrogen-bond donors (Lipinski definition) is 2. The number of ether oxygens (including phenoxy) is 1. The van der Waals surface area contributed by atoms with E-state index < -0.39 is 20.7 Å². The van der Waals surface area contributed by atoms with E-state index in [1.165, 1.54) is 19.2 Å². The number of rotatable bonds is 7. The molecule has 0 heterocycles. The third-order valence-corrected chi connectivity index (χ3v) is 4.54. The Morgan fingerprint density at radius 1 is 1.50 bits per heavy atom. The van der Waals surface area contributed by atoms with Gasteiger partial charge in [0.1, 0.15) is 10.7 Å². The predicted molar refractivity (Wildman–Crippen MR) is 78.2 cm³/mol. The topological polar surface area (TPSA) is 81.4 Å². The first-order chi connectivity index (χ1) is 9.31. The molecule has 5 nitrogen and oxygen atoms in total. The summed E-state index contributed by atoms with van der Waals surface area (Å²) in [5, 5.41) is 0. The van der Waals surface area contributed by atoms with Crippen molar-refractivity contribution in [3.05, 3.63) is 28.0 Å². The third-order valence-electron chi connectivity index (χ3n) is 2.66. The van der Waals surface area contributed by atoms with Gasteiger partial charge < -0.3 is 10.5 Å². The van der Waals surface area contributed by atoms with Crippen molar-refractivity contribution in [1.82, 2.24) is 4.72 Å². The van der Waals surface area contributed by atoms with E-state index in [1.807, 2.05) is 6.92 Å². The van der Waals surface area contributed by atoms with Crippen molar-refractivity contribution in [3.8, 4) is 0 Å². The van der Waals surface area contributed by atoms with Gasteiger partial charge in [0.05, 0.1) is 0 Å². The lowest BCUT2D eigenvalue weighted by atomic mass is 10.2. The van der Waals surface area contributed by atoms with Crippen molar-refractivity contribution in [3.63, 3.8) is 0 Å². The SMILES string of the molecule is COCC(C)CNS(=O)(=O)c1cc(Br)cc(CN)c1F. The van der Waals surface area contributed by atoms with Crippen LogP contribution in [-0.2, 0) is 21.3 Å². The van der Waals surface area contributed by atoms with Gasteiger partial charge in [-0.1, -0.05) is 22.9 Å². The van der Waals surface area contributed by atoms with Gasteiger partial charge >= 0.3 is 0 Å². The Morgan fingerprint density at radius 3 is 2.70 bits per heavy atom. The second-order valence-corrected chi connectivity index (χ2v) is 7.14. The van der Waals surface area contributed by atoms with Gasteiger partial charge in [-0.25, -0.2) is 17.5 Å². The highest BCUT2D eigenvalue weighted by Gasteiger charge is 2.22. The summed E-state index contributed by atoms with van der Waals surface area (Å²) in [7, 11) is -2.39. The van der Waals surface area contributed by atoms with Crippen LogP contribution in [0.1, 0.15) is 12.5 Å². The van der Waals surface area contributed by atoms with E-state index in [0.717, 1.165) is 0 Å². The summed E-state index contributed by atoms with van der Waals surface area (Å²) in [6.45, 7) is 2.33. The van der Waals surface area contributed by atoms with Crippen LogP contribution in [0.4, 0.5) is 4.39 Å². The van der Waals surface area contributed by atoms with Gasteiger partial charge in [0, 0.05) is 36.8 Å². The highest BCUT2D eigenvalue weighted by atomic mass is 79.9. The summed E-state index contributed by atoms with van der Waals surface area (Å²) in [5.74, 6) is -0.832. The smallest absolute Gasteiger partial charge is 0.243 e. The predicted octanol–water partition coefficient (Wildman–Crippen LogP) is 1.61. The Kier molecular flexibility index (Phi) is 6.53. The summed E-state index contributed by atoms with van der Waals surface area (Å²) in [4.78, 5) is -0.406. The lowest BCUT2D eigenvalue weighted by Crippen LogP contribution is -2.30. The fourth-order valence-electron chi connectivity index (χ4n) is 1.64. The number of nitrogens with two attached hydrogens (primary N) is 1. The Balaban J connectivity index is 3.01. The lowest BCUT2D eigenvalue weighted by molar-refractivity contribution is 0.161. The average molecular weight is 369 g/mol. The van der Waals surface area contributed by atoms with Gasteiger partial charge in [-0.15, -0.1) is 0 Å². The molecule has 0 spiro atoms. The van der Waals surface area contributed by atoms with Gasteiger partial charge in [-0.3, -0.25) is 0 Å². The van der Waals surface area contributed by atoms with E-state index in [0.29, 0.717) is 11.1 Å². The number of hydrogen-bond acceptors (Lipinski definition) is 4. The number of methoxy groups -OCH3 is 1. The molecule has 0 saturated carbocycles. The molecule has 0 aliphatic heterocycles. The van der Waals surface area contributed by atoms with Gasteiger partial charge in [0.25, 0.3) is 0 Å². The lowest BCUT2D eigenvalue weighted by Gasteiger charge is -2.13. The Morgan fingerprint density at radius 2 is 2.15 bits per heavy atom. The first-order valence-electron chi connectivity index (χ1n) is 5.98. The van der Waals surface area contributed by atoms with E-state index in [-0.39, 0.29) is 24.6 Å². The summed E-state index contributed by atoms with van der Waals surface area (Å²) in [5.41, 5.74) is 5.54. The van der Waals surface area contributed by atoms with Gasteiger partial charge in [-0.05, 0) is 18.1 Å². The zero-order valence-electron chi connectivity index (χ0n) is 11.3. The molecule has 1 aromatic carbocycles. The zero-order valence-corrected chi connectivity index (χ0v) is 13.7. The minimum Gasteiger partial charge on any atom is -0.384 e. The molecule has 1 unspecified atom stereocenters. The van der Waals surface area contributed by atoms with E-state index in [1.54, 1.807) is 0 Å². The van der Waals surface area contributed by atoms with Crippen molar-refractivity contribution in [1.29, 1.82) is 0 Å². The van der Waals surface area contributed by atoms with Crippen LogP contribution in [0.2, 0.25) is 0 Å². The van der Waals surface area contributed by atoms with Crippen LogP contribution in [0.25, 0.3) is 0 Å². The zero-order chi connectivity index (χ0) is 15.3. The van der Waals surface area contributed by atoms with Gasteiger partial charge in [-0.2, -0.15) is 0 Å². The summed E-state index contributed by atoms with van der Waals surface area (Å²) in [6, 6.07) is 2.68. The molecule has 0 fully saturated rings. The van der Waals surface area contributed by atoms with Crippen LogP contribution in [0.5, 0.6) is 0 Å². The van der Waals surface area contributed by atoms with Crippen LogP contribution in [0, 0.1) is 11.7 Å². The van der Waals surface area contributed by atoms with Crippen molar-refractivity contribution in [2.75, 3.05) is 20.3 Å². The molecule has 0 aliphatic carbocycles. The van der Waals surface area contributed by atoms with Crippen LogP contribution >= 0.6 is 15.9 Å². The van der Waals surface area contributed by atoms with Crippen molar-refractivity contribution in [2.24, 2.45) is 11.7 Å². The van der Waals surface area contributed by atoms with Crippen LogP contribution in [0.15, 0.2) is 21.5 Å². The number of sulfonamides is 1. The minimum absolute atomic E-state index is 0.0148. The monoisotopic (exact) mass is 368 g/mol.